The van der Waals surface area contributed by atoms with Gasteiger partial charge in [0.2, 0.25) is 5.91 Å². The van der Waals surface area contributed by atoms with E-state index in [-0.39, 0.29) is 18.4 Å². The first kappa shape index (κ1) is 17.2. The zero-order valence-electron chi connectivity index (χ0n) is 13.1. The predicted molar refractivity (Wildman–Crippen MR) is 83.3 cm³/mol. The summed E-state index contributed by atoms with van der Waals surface area (Å²) in [6.45, 7) is 7.20. The van der Waals surface area contributed by atoms with Crippen LogP contribution in [0.1, 0.15) is 49.5 Å². The Bertz CT molecular complexity index is 528. The Labute approximate surface area is 125 Å². The summed E-state index contributed by atoms with van der Waals surface area (Å²) in [5, 5.41) is 14.8. The highest BCUT2D eigenvalue weighted by molar-refractivity contribution is 5.97. The quantitative estimate of drug-likeness (QED) is 0.752. The monoisotopic (exact) mass is 292 g/mol. The van der Waals surface area contributed by atoms with Crippen molar-refractivity contribution in [1.29, 1.82) is 0 Å². The van der Waals surface area contributed by atoms with Crippen LogP contribution in [0.5, 0.6) is 0 Å². The first-order chi connectivity index (χ1) is 9.81. The normalized spacial score (nSPS) is 13.4. The van der Waals surface area contributed by atoms with Crippen molar-refractivity contribution in [2.75, 3.05) is 11.9 Å². The molecule has 5 heteroatoms. The second-order valence-corrected chi connectivity index (χ2v) is 5.55. The number of aliphatic hydroxyl groups excluding tert-OH is 1. The van der Waals surface area contributed by atoms with Crippen molar-refractivity contribution in [3.63, 3.8) is 0 Å². The molecule has 1 unspecified atom stereocenters. The SMILES string of the molecule is CCC(C)(CCO)NC(=O)c1ccc(C)c(NC(C)=O)c1. The Morgan fingerprint density at radius 1 is 1.33 bits per heavy atom. The summed E-state index contributed by atoms with van der Waals surface area (Å²) < 4.78 is 0. The lowest BCUT2D eigenvalue weighted by Gasteiger charge is -2.29. The molecule has 5 nitrogen and oxygen atoms in total. The Kier molecular flexibility index (Phi) is 5.90. The molecule has 0 spiro atoms. The lowest BCUT2D eigenvalue weighted by Crippen LogP contribution is -2.46. The van der Waals surface area contributed by atoms with Crippen LogP contribution in [0.25, 0.3) is 0 Å². The molecule has 0 bridgehead atoms. The zero-order chi connectivity index (χ0) is 16.0. The number of benzene rings is 1. The average molecular weight is 292 g/mol. The fraction of sp³-hybridized carbons (Fsp3) is 0.500. The zero-order valence-corrected chi connectivity index (χ0v) is 13.1. The van der Waals surface area contributed by atoms with E-state index in [0.29, 0.717) is 17.7 Å². The van der Waals surface area contributed by atoms with E-state index in [1.165, 1.54) is 6.92 Å². The second kappa shape index (κ2) is 7.22. The van der Waals surface area contributed by atoms with Crippen molar-refractivity contribution in [3.8, 4) is 0 Å². The van der Waals surface area contributed by atoms with Crippen LogP contribution in [-0.2, 0) is 4.79 Å². The molecule has 0 heterocycles. The topological polar surface area (TPSA) is 78.4 Å². The highest BCUT2D eigenvalue weighted by Gasteiger charge is 2.24. The summed E-state index contributed by atoms with van der Waals surface area (Å²) in [5.74, 6) is -0.381. The van der Waals surface area contributed by atoms with Crippen molar-refractivity contribution in [3.05, 3.63) is 29.3 Å². The van der Waals surface area contributed by atoms with Gasteiger partial charge in [-0.25, -0.2) is 0 Å². The van der Waals surface area contributed by atoms with Crippen molar-refractivity contribution in [1.82, 2.24) is 5.32 Å². The number of aryl methyl sites for hydroxylation is 1. The molecule has 0 saturated heterocycles. The lowest BCUT2D eigenvalue weighted by atomic mass is 9.94. The maximum atomic E-state index is 12.3. The average Bonchev–Trinajstić information content (AvgIpc) is 2.41. The van der Waals surface area contributed by atoms with Gasteiger partial charge in [-0.3, -0.25) is 9.59 Å². The maximum Gasteiger partial charge on any atom is 0.251 e. The predicted octanol–water partition coefficient (Wildman–Crippen LogP) is 2.23. The molecular formula is C16H24N2O3. The molecule has 21 heavy (non-hydrogen) atoms. The Hall–Kier alpha value is -1.88. The molecule has 0 radical (unpaired) electrons. The van der Waals surface area contributed by atoms with Gasteiger partial charge in [-0.1, -0.05) is 13.0 Å². The number of carbonyl (C=O) groups is 2. The molecule has 3 N–H and O–H groups in total. The van der Waals surface area contributed by atoms with E-state index in [4.69, 9.17) is 5.11 Å². The largest absolute Gasteiger partial charge is 0.396 e. The third-order valence-electron chi connectivity index (χ3n) is 3.67. The van der Waals surface area contributed by atoms with Gasteiger partial charge in [0, 0.05) is 30.3 Å². The molecule has 0 aliphatic rings. The smallest absolute Gasteiger partial charge is 0.251 e. The third kappa shape index (κ3) is 4.86. The number of anilines is 1. The minimum atomic E-state index is -0.440. The molecule has 1 aromatic carbocycles. The van der Waals surface area contributed by atoms with Crippen LogP contribution < -0.4 is 10.6 Å². The summed E-state index contributed by atoms with van der Waals surface area (Å²) in [5.41, 5.74) is 1.58. The minimum absolute atomic E-state index is 0.0235. The summed E-state index contributed by atoms with van der Waals surface area (Å²) in [6, 6.07) is 5.20. The Morgan fingerprint density at radius 3 is 2.52 bits per heavy atom. The number of hydrogen-bond donors (Lipinski definition) is 3. The van der Waals surface area contributed by atoms with Crippen LogP contribution in [-0.4, -0.2) is 29.1 Å². The van der Waals surface area contributed by atoms with Gasteiger partial charge in [0.05, 0.1) is 0 Å². The summed E-state index contributed by atoms with van der Waals surface area (Å²) in [7, 11) is 0. The van der Waals surface area contributed by atoms with Crippen LogP contribution in [0.2, 0.25) is 0 Å². The van der Waals surface area contributed by atoms with Gasteiger partial charge in [-0.05, 0) is 44.4 Å². The molecule has 1 rings (SSSR count). The molecule has 116 valence electrons. The molecule has 0 aromatic heterocycles. The number of hydrogen-bond acceptors (Lipinski definition) is 3. The van der Waals surface area contributed by atoms with Gasteiger partial charge in [-0.15, -0.1) is 0 Å². The van der Waals surface area contributed by atoms with E-state index in [0.717, 1.165) is 12.0 Å². The van der Waals surface area contributed by atoms with Crippen LogP contribution in [0, 0.1) is 6.92 Å². The second-order valence-electron chi connectivity index (χ2n) is 5.55. The van der Waals surface area contributed by atoms with Gasteiger partial charge >= 0.3 is 0 Å². The van der Waals surface area contributed by atoms with Gasteiger partial charge in [-0.2, -0.15) is 0 Å². The number of nitrogens with one attached hydrogen (secondary N) is 2. The highest BCUT2D eigenvalue weighted by atomic mass is 16.3. The van der Waals surface area contributed by atoms with E-state index in [1.807, 2.05) is 20.8 Å². The molecule has 2 amide bonds. The standard InChI is InChI=1S/C16H24N2O3/c1-5-16(4,8-9-19)18-15(21)13-7-6-11(2)14(10-13)17-12(3)20/h6-7,10,19H,5,8-9H2,1-4H3,(H,17,20)(H,18,21). The summed E-state index contributed by atoms with van der Waals surface area (Å²) in [6.07, 6.45) is 1.23. The molecule has 1 aromatic rings. The van der Waals surface area contributed by atoms with Crippen LogP contribution in [0.4, 0.5) is 5.69 Å². The van der Waals surface area contributed by atoms with Crippen LogP contribution in [0.3, 0.4) is 0 Å². The van der Waals surface area contributed by atoms with Crippen LogP contribution in [0.15, 0.2) is 18.2 Å². The van der Waals surface area contributed by atoms with Gasteiger partial charge in [0.1, 0.15) is 0 Å². The van der Waals surface area contributed by atoms with E-state index in [2.05, 4.69) is 10.6 Å². The van der Waals surface area contributed by atoms with Crippen molar-refractivity contribution < 1.29 is 14.7 Å². The van der Waals surface area contributed by atoms with Crippen molar-refractivity contribution >= 4 is 17.5 Å². The molecule has 0 aliphatic carbocycles. The van der Waals surface area contributed by atoms with E-state index < -0.39 is 5.54 Å². The van der Waals surface area contributed by atoms with E-state index in [1.54, 1.807) is 18.2 Å². The molecule has 0 fully saturated rings. The fourth-order valence-electron chi connectivity index (χ4n) is 2.01. The minimum Gasteiger partial charge on any atom is -0.396 e. The lowest BCUT2D eigenvalue weighted by molar-refractivity contribution is -0.114. The molecule has 0 aliphatic heterocycles. The summed E-state index contributed by atoms with van der Waals surface area (Å²) in [4.78, 5) is 23.5. The maximum absolute atomic E-state index is 12.3. The fourth-order valence-corrected chi connectivity index (χ4v) is 2.01. The molecule has 0 saturated carbocycles. The van der Waals surface area contributed by atoms with E-state index in [9.17, 15) is 9.59 Å². The summed E-state index contributed by atoms with van der Waals surface area (Å²) >= 11 is 0. The van der Waals surface area contributed by atoms with Crippen molar-refractivity contribution in [2.45, 2.75) is 46.1 Å². The molecular weight excluding hydrogens is 268 g/mol. The number of aliphatic hydroxyl groups is 1. The number of amides is 2. The first-order valence-electron chi connectivity index (χ1n) is 7.13. The van der Waals surface area contributed by atoms with Crippen molar-refractivity contribution in [2.24, 2.45) is 0 Å². The van der Waals surface area contributed by atoms with Gasteiger partial charge in [0.25, 0.3) is 5.91 Å². The Morgan fingerprint density at radius 2 is 2.00 bits per heavy atom. The number of rotatable bonds is 6. The Balaban J connectivity index is 2.94. The first-order valence-corrected chi connectivity index (χ1v) is 7.13. The van der Waals surface area contributed by atoms with Gasteiger partial charge < -0.3 is 15.7 Å². The third-order valence-corrected chi connectivity index (χ3v) is 3.67. The molecule has 1 atom stereocenters. The van der Waals surface area contributed by atoms with E-state index >= 15 is 0 Å². The van der Waals surface area contributed by atoms with Gasteiger partial charge in [0.15, 0.2) is 0 Å². The van der Waals surface area contributed by atoms with Crippen LogP contribution >= 0.6 is 0 Å². The number of carbonyl (C=O) groups excluding carboxylic acids is 2. The highest BCUT2D eigenvalue weighted by Crippen LogP contribution is 2.19.